The fourth-order valence-electron chi connectivity index (χ4n) is 2.12. The van der Waals surface area contributed by atoms with Gasteiger partial charge in [0, 0.05) is 46.0 Å². The Morgan fingerprint density at radius 2 is 2.19 bits per heavy atom. The molecule has 2 heterocycles. The number of halogens is 1. The van der Waals surface area contributed by atoms with E-state index in [-0.39, 0.29) is 24.0 Å². The molecule has 0 unspecified atom stereocenters. The van der Waals surface area contributed by atoms with Crippen molar-refractivity contribution in [3.05, 3.63) is 48.2 Å². The van der Waals surface area contributed by atoms with Gasteiger partial charge in [-0.1, -0.05) is 0 Å². The molecule has 0 bridgehead atoms. The zero-order chi connectivity index (χ0) is 14.4. The van der Waals surface area contributed by atoms with E-state index in [1.54, 1.807) is 13.3 Å². The van der Waals surface area contributed by atoms with E-state index in [9.17, 15) is 0 Å². The lowest BCUT2D eigenvalue weighted by Crippen LogP contribution is -2.39. The molecule has 0 aliphatic heterocycles. The lowest BCUT2D eigenvalue weighted by Gasteiger charge is -2.22. The van der Waals surface area contributed by atoms with Crippen LogP contribution >= 0.6 is 24.0 Å². The van der Waals surface area contributed by atoms with Crippen molar-refractivity contribution in [3.8, 4) is 0 Å². The first-order chi connectivity index (χ1) is 9.70. The summed E-state index contributed by atoms with van der Waals surface area (Å²) in [5.41, 5.74) is 1.25. The summed E-state index contributed by atoms with van der Waals surface area (Å²) in [6, 6.07) is 8.06. The summed E-state index contributed by atoms with van der Waals surface area (Å²) in [4.78, 5) is 6.42. The normalized spacial score (nSPS) is 11.1. The van der Waals surface area contributed by atoms with Gasteiger partial charge in [0.05, 0.1) is 12.8 Å². The van der Waals surface area contributed by atoms with Crippen LogP contribution in [0.4, 0.5) is 0 Å². The maximum absolute atomic E-state index is 5.31. The average molecular weight is 402 g/mol. The highest BCUT2D eigenvalue weighted by atomic mass is 127. The van der Waals surface area contributed by atoms with Gasteiger partial charge in [0.2, 0.25) is 0 Å². The van der Waals surface area contributed by atoms with Crippen LogP contribution in [-0.2, 0) is 20.0 Å². The van der Waals surface area contributed by atoms with Crippen LogP contribution in [-0.4, -0.2) is 36.1 Å². The van der Waals surface area contributed by atoms with Crippen LogP contribution in [0.1, 0.15) is 11.5 Å². The Bertz CT molecular complexity index is 548. The Balaban J connectivity index is 0.00000220. The van der Waals surface area contributed by atoms with Gasteiger partial charge in [-0.2, -0.15) is 0 Å². The number of rotatable bonds is 5. The zero-order valence-corrected chi connectivity index (χ0v) is 15.1. The minimum atomic E-state index is 0. The van der Waals surface area contributed by atoms with Crippen molar-refractivity contribution in [1.82, 2.24) is 14.8 Å². The number of furan rings is 1. The molecule has 0 saturated carbocycles. The van der Waals surface area contributed by atoms with E-state index in [1.807, 2.05) is 19.2 Å². The molecule has 21 heavy (non-hydrogen) atoms. The third kappa shape index (κ3) is 5.11. The lowest BCUT2D eigenvalue weighted by atomic mass is 10.3. The highest BCUT2D eigenvalue weighted by Gasteiger charge is 2.08. The molecule has 2 aromatic rings. The van der Waals surface area contributed by atoms with Crippen LogP contribution in [0.2, 0.25) is 0 Å². The molecule has 0 aromatic carbocycles. The molecule has 116 valence electrons. The second kappa shape index (κ2) is 8.76. The van der Waals surface area contributed by atoms with Gasteiger partial charge in [0.15, 0.2) is 5.96 Å². The summed E-state index contributed by atoms with van der Waals surface area (Å²) >= 11 is 0. The fraction of sp³-hybridized carbons (Fsp3) is 0.400. The smallest absolute Gasteiger partial charge is 0.193 e. The van der Waals surface area contributed by atoms with E-state index in [4.69, 9.17) is 4.42 Å². The summed E-state index contributed by atoms with van der Waals surface area (Å²) < 4.78 is 7.43. The second-order valence-corrected chi connectivity index (χ2v) is 4.77. The third-order valence-electron chi connectivity index (χ3n) is 3.26. The number of hydrogen-bond donors (Lipinski definition) is 1. The molecule has 0 aliphatic carbocycles. The van der Waals surface area contributed by atoms with Crippen molar-refractivity contribution in [1.29, 1.82) is 0 Å². The maximum atomic E-state index is 5.31. The Hall–Kier alpha value is -1.44. The summed E-state index contributed by atoms with van der Waals surface area (Å²) in [5, 5.41) is 3.35. The van der Waals surface area contributed by atoms with Crippen molar-refractivity contribution in [2.45, 2.75) is 13.0 Å². The Labute approximate surface area is 143 Å². The van der Waals surface area contributed by atoms with Crippen LogP contribution < -0.4 is 5.32 Å². The van der Waals surface area contributed by atoms with E-state index < -0.39 is 0 Å². The Morgan fingerprint density at radius 3 is 2.76 bits per heavy atom. The van der Waals surface area contributed by atoms with Gasteiger partial charge in [0.25, 0.3) is 0 Å². The average Bonchev–Trinajstić information content (AvgIpc) is 3.07. The number of guanidine groups is 1. The topological polar surface area (TPSA) is 45.7 Å². The number of hydrogen-bond acceptors (Lipinski definition) is 2. The first kappa shape index (κ1) is 17.6. The van der Waals surface area contributed by atoms with Crippen LogP contribution in [0.3, 0.4) is 0 Å². The van der Waals surface area contributed by atoms with Crippen molar-refractivity contribution in [3.63, 3.8) is 0 Å². The maximum Gasteiger partial charge on any atom is 0.193 e. The van der Waals surface area contributed by atoms with Crippen molar-refractivity contribution in [2.75, 3.05) is 20.6 Å². The molecule has 0 aliphatic rings. The summed E-state index contributed by atoms with van der Waals surface area (Å²) in [7, 11) is 5.89. The number of aryl methyl sites for hydroxylation is 1. The summed E-state index contributed by atoms with van der Waals surface area (Å²) in [6.45, 7) is 1.63. The molecule has 2 aromatic heterocycles. The molecule has 1 N–H and O–H groups in total. The van der Waals surface area contributed by atoms with Crippen LogP contribution in [0.25, 0.3) is 0 Å². The van der Waals surface area contributed by atoms with Gasteiger partial charge in [-0.3, -0.25) is 4.99 Å². The summed E-state index contributed by atoms with van der Waals surface area (Å²) in [5.74, 6) is 1.87. The van der Waals surface area contributed by atoms with E-state index >= 15 is 0 Å². The molecule has 0 saturated heterocycles. The van der Waals surface area contributed by atoms with Crippen LogP contribution in [0, 0.1) is 0 Å². The first-order valence-electron chi connectivity index (χ1n) is 6.75. The molecule has 0 atom stereocenters. The molecule has 2 rings (SSSR count). The molecule has 0 spiro atoms. The largest absolute Gasteiger partial charge is 0.469 e. The molecule has 6 heteroatoms. The molecule has 5 nitrogen and oxygen atoms in total. The van der Waals surface area contributed by atoms with Crippen molar-refractivity contribution in [2.24, 2.45) is 12.0 Å². The van der Waals surface area contributed by atoms with Crippen molar-refractivity contribution >= 4 is 29.9 Å². The molecule has 0 radical (unpaired) electrons. The van der Waals surface area contributed by atoms with Crippen LogP contribution in [0.15, 0.2) is 46.1 Å². The molecule has 0 amide bonds. The zero-order valence-electron chi connectivity index (χ0n) is 12.7. The standard InChI is InChI=1S/C15H22N4O.HI/c1-16-15(17-9-8-14-7-5-11-20-14)19(3)12-13-6-4-10-18(13)2;/h4-7,10-11H,8-9,12H2,1-3H3,(H,16,17);1H. The number of aromatic nitrogens is 1. The summed E-state index contributed by atoms with van der Waals surface area (Å²) in [6.07, 6.45) is 4.60. The predicted octanol–water partition coefficient (Wildman–Crippen LogP) is 2.49. The highest BCUT2D eigenvalue weighted by molar-refractivity contribution is 14.0. The fourth-order valence-corrected chi connectivity index (χ4v) is 2.12. The monoisotopic (exact) mass is 402 g/mol. The minimum Gasteiger partial charge on any atom is -0.469 e. The highest BCUT2D eigenvalue weighted by Crippen LogP contribution is 2.04. The quantitative estimate of drug-likeness (QED) is 0.475. The van der Waals surface area contributed by atoms with E-state index in [2.05, 4.69) is 45.2 Å². The van der Waals surface area contributed by atoms with E-state index in [0.29, 0.717) is 0 Å². The SMILES string of the molecule is CN=C(NCCc1ccco1)N(C)Cc1cccn1C.I. The number of nitrogens with zero attached hydrogens (tertiary/aromatic N) is 3. The Morgan fingerprint density at radius 1 is 1.38 bits per heavy atom. The predicted molar refractivity (Wildman–Crippen MR) is 96.1 cm³/mol. The van der Waals surface area contributed by atoms with E-state index in [1.165, 1.54) is 5.69 Å². The van der Waals surface area contributed by atoms with Gasteiger partial charge >= 0.3 is 0 Å². The first-order valence-corrected chi connectivity index (χ1v) is 6.75. The second-order valence-electron chi connectivity index (χ2n) is 4.77. The van der Waals surface area contributed by atoms with E-state index in [0.717, 1.165) is 31.2 Å². The lowest BCUT2D eigenvalue weighted by molar-refractivity contribution is 0.457. The van der Waals surface area contributed by atoms with Crippen LogP contribution in [0.5, 0.6) is 0 Å². The van der Waals surface area contributed by atoms with Gasteiger partial charge in [-0.25, -0.2) is 0 Å². The molecule has 0 fully saturated rings. The molecular formula is C15H23IN4O. The van der Waals surface area contributed by atoms with Gasteiger partial charge in [0.1, 0.15) is 5.76 Å². The number of nitrogens with one attached hydrogen (secondary N) is 1. The third-order valence-corrected chi connectivity index (χ3v) is 3.26. The molecular weight excluding hydrogens is 379 g/mol. The van der Waals surface area contributed by atoms with Gasteiger partial charge < -0.3 is 19.2 Å². The van der Waals surface area contributed by atoms with Crippen molar-refractivity contribution < 1.29 is 4.42 Å². The Kier molecular flexibility index (Phi) is 7.35. The van der Waals surface area contributed by atoms with Gasteiger partial charge in [-0.05, 0) is 24.3 Å². The van der Waals surface area contributed by atoms with Gasteiger partial charge in [-0.15, -0.1) is 24.0 Å². The minimum absolute atomic E-state index is 0. The number of aliphatic imine (C=N–C) groups is 1.